The molecule has 0 aliphatic rings. The predicted molar refractivity (Wildman–Crippen MR) is 66.2 cm³/mol. The van der Waals surface area contributed by atoms with Gasteiger partial charge in [-0.2, -0.15) is 10.5 Å². The Hall–Kier alpha value is -1.63. The Morgan fingerprint density at radius 3 is 2.17 bits per heavy atom. The van der Waals surface area contributed by atoms with Gasteiger partial charge in [-0.15, -0.1) is 0 Å². The van der Waals surface area contributed by atoms with Gasteiger partial charge in [0.1, 0.15) is 0 Å². The maximum atomic E-state index is 11.9. The topological polar surface area (TPSA) is 91.4 Å². The van der Waals surface area contributed by atoms with Crippen LogP contribution in [0.4, 0.5) is 0 Å². The van der Waals surface area contributed by atoms with E-state index in [1.165, 1.54) is 4.90 Å². The second-order valence-corrected chi connectivity index (χ2v) is 4.24. The predicted octanol–water partition coefficient (Wildman–Crippen LogP) is -0.0450. The van der Waals surface area contributed by atoms with Gasteiger partial charge in [0.2, 0.25) is 5.91 Å². The van der Waals surface area contributed by atoms with Crippen LogP contribution >= 0.6 is 0 Å². The summed E-state index contributed by atoms with van der Waals surface area (Å²) in [5.74, 6) is -0.122. The largest absolute Gasteiger partial charge is 0.392 e. The number of nitrogens with zero attached hydrogens (tertiary/aromatic N) is 4. The van der Waals surface area contributed by atoms with Crippen LogP contribution in [0.5, 0.6) is 0 Å². The molecule has 0 fully saturated rings. The molecule has 0 bridgehead atoms. The van der Waals surface area contributed by atoms with Gasteiger partial charge in [0, 0.05) is 19.6 Å². The smallest absolute Gasteiger partial charge is 0.236 e. The van der Waals surface area contributed by atoms with E-state index in [4.69, 9.17) is 10.5 Å². The first-order valence-electron chi connectivity index (χ1n) is 5.89. The van der Waals surface area contributed by atoms with Crippen LogP contribution in [-0.2, 0) is 4.79 Å². The van der Waals surface area contributed by atoms with Crippen LogP contribution in [0.15, 0.2) is 0 Å². The van der Waals surface area contributed by atoms with Crippen molar-refractivity contribution in [2.75, 3.05) is 33.2 Å². The van der Waals surface area contributed by atoms with Gasteiger partial charge in [-0.25, -0.2) is 0 Å². The zero-order valence-corrected chi connectivity index (χ0v) is 11.0. The molecule has 6 nitrogen and oxygen atoms in total. The number of carbonyl (C=O) groups is 1. The number of nitriles is 2. The molecule has 100 valence electrons. The first kappa shape index (κ1) is 16.4. The molecule has 0 aliphatic heterocycles. The number of amides is 1. The van der Waals surface area contributed by atoms with Crippen LogP contribution in [0.3, 0.4) is 0 Å². The van der Waals surface area contributed by atoms with Crippen molar-refractivity contribution >= 4 is 5.91 Å². The maximum absolute atomic E-state index is 11.9. The van der Waals surface area contributed by atoms with E-state index in [9.17, 15) is 9.90 Å². The Morgan fingerprint density at radius 2 is 1.78 bits per heavy atom. The van der Waals surface area contributed by atoms with Gasteiger partial charge >= 0.3 is 0 Å². The molecule has 6 heteroatoms. The minimum Gasteiger partial charge on any atom is -0.392 e. The third-order valence-corrected chi connectivity index (χ3v) is 2.32. The highest BCUT2D eigenvalue weighted by Gasteiger charge is 2.15. The fraction of sp³-hybridized carbons (Fsp3) is 0.750. The summed E-state index contributed by atoms with van der Waals surface area (Å²) in [6.45, 7) is 2.95. The zero-order valence-electron chi connectivity index (χ0n) is 11.0. The van der Waals surface area contributed by atoms with Crippen molar-refractivity contribution in [3.8, 4) is 12.1 Å². The lowest BCUT2D eigenvalue weighted by Crippen LogP contribution is -2.41. The molecule has 0 aliphatic carbocycles. The van der Waals surface area contributed by atoms with Crippen LogP contribution in [0.25, 0.3) is 0 Å². The van der Waals surface area contributed by atoms with Gasteiger partial charge in [0.05, 0.1) is 37.6 Å². The molecule has 1 unspecified atom stereocenters. The van der Waals surface area contributed by atoms with E-state index in [2.05, 4.69) is 0 Å². The van der Waals surface area contributed by atoms with Gasteiger partial charge in [0.25, 0.3) is 0 Å². The number of hydrogen-bond donors (Lipinski definition) is 1. The van der Waals surface area contributed by atoms with E-state index in [0.29, 0.717) is 19.6 Å². The molecule has 0 rings (SSSR count). The monoisotopic (exact) mass is 252 g/mol. The Bertz CT molecular complexity index is 312. The van der Waals surface area contributed by atoms with Crippen molar-refractivity contribution in [3.05, 3.63) is 0 Å². The molecule has 0 spiro atoms. The molecular weight excluding hydrogens is 232 g/mol. The average Bonchev–Trinajstić information content (AvgIpc) is 2.27. The summed E-state index contributed by atoms with van der Waals surface area (Å²) in [6, 6.07) is 3.97. The second kappa shape index (κ2) is 9.41. The molecule has 1 N–H and O–H groups in total. The summed E-state index contributed by atoms with van der Waals surface area (Å²) in [7, 11) is 1.75. The molecule has 1 atom stereocenters. The van der Waals surface area contributed by atoms with Crippen LogP contribution in [-0.4, -0.2) is 60.1 Å². The molecule has 0 aromatic heterocycles. The maximum Gasteiger partial charge on any atom is 0.236 e. The highest BCUT2D eigenvalue weighted by atomic mass is 16.3. The Balaban J connectivity index is 4.27. The number of carbonyl (C=O) groups excluding carboxylic acids is 1. The second-order valence-electron chi connectivity index (χ2n) is 4.24. The summed E-state index contributed by atoms with van der Waals surface area (Å²) in [5, 5.41) is 26.3. The first-order valence-corrected chi connectivity index (χ1v) is 5.89. The number of hydrogen-bond acceptors (Lipinski definition) is 5. The number of aliphatic hydroxyl groups is 1. The summed E-state index contributed by atoms with van der Waals surface area (Å²) in [4.78, 5) is 15.2. The lowest BCUT2D eigenvalue weighted by atomic mass is 10.3. The van der Waals surface area contributed by atoms with Gasteiger partial charge in [0.15, 0.2) is 0 Å². The molecule has 18 heavy (non-hydrogen) atoms. The van der Waals surface area contributed by atoms with Crippen LogP contribution < -0.4 is 0 Å². The Morgan fingerprint density at radius 1 is 1.28 bits per heavy atom. The van der Waals surface area contributed by atoms with Gasteiger partial charge < -0.3 is 10.0 Å². The minimum absolute atomic E-state index is 0.122. The van der Waals surface area contributed by atoms with Crippen molar-refractivity contribution in [2.45, 2.75) is 25.9 Å². The fourth-order valence-electron chi connectivity index (χ4n) is 1.58. The highest BCUT2D eigenvalue weighted by molar-refractivity contribution is 5.78. The van der Waals surface area contributed by atoms with Crippen molar-refractivity contribution in [2.24, 2.45) is 0 Å². The summed E-state index contributed by atoms with van der Waals surface area (Å²) < 4.78 is 0. The quantitative estimate of drug-likeness (QED) is 0.654. The minimum atomic E-state index is -0.491. The molecule has 0 aromatic carbocycles. The Labute approximate surface area is 108 Å². The Kier molecular flexibility index (Phi) is 8.55. The third kappa shape index (κ3) is 7.61. The van der Waals surface area contributed by atoms with Crippen molar-refractivity contribution in [3.63, 3.8) is 0 Å². The van der Waals surface area contributed by atoms with Gasteiger partial charge in [-0.3, -0.25) is 9.69 Å². The van der Waals surface area contributed by atoms with Crippen molar-refractivity contribution < 1.29 is 9.90 Å². The van der Waals surface area contributed by atoms with E-state index < -0.39 is 6.10 Å². The zero-order chi connectivity index (χ0) is 14.0. The first-order chi connectivity index (χ1) is 8.51. The van der Waals surface area contributed by atoms with E-state index in [0.717, 1.165) is 0 Å². The van der Waals surface area contributed by atoms with Crippen LogP contribution in [0, 0.1) is 22.7 Å². The lowest BCUT2D eigenvalue weighted by Gasteiger charge is -2.24. The van der Waals surface area contributed by atoms with E-state index in [1.807, 2.05) is 12.1 Å². The van der Waals surface area contributed by atoms with Gasteiger partial charge in [-0.1, -0.05) is 0 Å². The van der Waals surface area contributed by atoms with Crippen molar-refractivity contribution in [1.29, 1.82) is 10.5 Å². The van der Waals surface area contributed by atoms with Crippen molar-refractivity contribution in [1.82, 2.24) is 9.80 Å². The molecule has 0 heterocycles. The molecule has 0 saturated heterocycles. The standard InChI is InChI=1S/C12H20N4O2/c1-11(17)9-15(2)10-12(18)16(7-3-5-13)8-4-6-14/h11,17H,3-4,7-10H2,1-2H3. The summed E-state index contributed by atoms with van der Waals surface area (Å²) in [5.41, 5.74) is 0. The lowest BCUT2D eigenvalue weighted by molar-refractivity contribution is -0.132. The van der Waals surface area contributed by atoms with Crippen LogP contribution in [0.2, 0.25) is 0 Å². The highest BCUT2D eigenvalue weighted by Crippen LogP contribution is 1.98. The van der Waals surface area contributed by atoms with E-state index >= 15 is 0 Å². The van der Waals surface area contributed by atoms with E-state index in [1.54, 1.807) is 18.9 Å². The molecule has 1 amide bonds. The summed E-state index contributed by atoms with van der Waals surface area (Å²) in [6.07, 6.45) is 0.0312. The molecular formula is C12H20N4O2. The SMILES string of the molecule is CC(O)CN(C)CC(=O)N(CCC#N)CCC#N. The van der Waals surface area contributed by atoms with Gasteiger partial charge in [-0.05, 0) is 14.0 Å². The fourth-order valence-corrected chi connectivity index (χ4v) is 1.58. The van der Waals surface area contributed by atoms with E-state index in [-0.39, 0.29) is 25.3 Å². The van der Waals surface area contributed by atoms with Crippen LogP contribution in [0.1, 0.15) is 19.8 Å². The normalized spacial score (nSPS) is 11.7. The average molecular weight is 252 g/mol. The third-order valence-electron chi connectivity index (χ3n) is 2.32. The molecule has 0 radical (unpaired) electrons. The summed E-state index contributed by atoms with van der Waals surface area (Å²) >= 11 is 0. The molecule has 0 aromatic rings. The number of aliphatic hydroxyl groups excluding tert-OH is 1. The molecule has 0 saturated carbocycles. The number of likely N-dealkylation sites (N-methyl/N-ethyl adjacent to an activating group) is 1. The number of rotatable bonds is 8.